The number of carbonyl (C=O) groups excluding carboxylic acids is 1. The summed E-state index contributed by atoms with van der Waals surface area (Å²) in [4.78, 5) is 17.9. The van der Waals surface area contributed by atoms with Crippen molar-refractivity contribution in [1.82, 2.24) is 9.80 Å². The van der Waals surface area contributed by atoms with E-state index in [9.17, 15) is 4.79 Å². The van der Waals surface area contributed by atoms with Crippen molar-refractivity contribution >= 4 is 5.97 Å². The van der Waals surface area contributed by atoms with Crippen molar-refractivity contribution in [3.63, 3.8) is 0 Å². The molecule has 146 valence electrons. The molecule has 0 N–H and O–H groups in total. The van der Waals surface area contributed by atoms with Crippen LogP contribution in [0.3, 0.4) is 0 Å². The molecule has 5 nitrogen and oxygen atoms in total. The van der Waals surface area contributed by atoms with Gasteiger partial charge in [-0.25, -0.2) is 0 Å². The van der Waals surface area contributed by atoms with Gasteiger partial charge in [-0.3, -0.25) is 9.69 Å². The van der Waals surface area contributed by atoms with Gasteiger partial charge in [-0.05, 0) is 51.3 Å². The standard InChI is InChI=1S/C21H34N2O3/c1-5-25-20(24)21-9-6-10-22(14-19-8-7-17(4)26-19)12-18(21)13-23(15-21)11-16(2)3/h7-8,16,18H,5-6,9-15H2,1-4H3/t18-,21-/m0/s1. The number of ether oxygens (including phenoxy) is 1. The van der Waals surface area contributed by atoms with Gasteiger partial charge in [0.15, 0.2) is 0 Å². The van der Waals surface area contributed by atoms with Gasteiger partial charge < -0.3 is 14.1 Å². The van der Waals surface area contributed by atoms with Crippen LogP contribution >= 0.6 is 0 Å². The smallest absolute Gasteiger partial charge is 0.313 e. The van der Waals surface area contributed by atoms with Crippen LogP contribution in [0.15, 0.2) is 16.5 Å². The van der Waals surface area contributed by atoms with E-state index in [1.54, 1.807) is 0 Å². The first-order valence-electron chi connectivity index (χ1n) is 10.1. The largest absolute Gasteiger partial charge is 0.466 e. The molecule has 2 saturated heterocycles. The van der Waals surface area contributed by atoms with Crippen LogP contribution in [0.25, 0.3) is 0 Å². The molecule has 3 rings (SSSR count). The molecule has 0 aliphatic carbocycles. The molecule has 2 aliphatic heterocycles. The molecule has 2 atom stereocenters. The Labute approximate surface area is 157 Å². The maximum absolute atomic E-state index is 13.0. The summed E-state index contributed by atoms with van der Waals surface area (Å²) in [7, 11) is 0. The Morgan fingerprint density at radius 2 is 2.12 bits per heavy atom. The lowest BCUT2D eigenvalue weighted by Crippen LogP contribution is -2.42. The molecule has 0 spiro atoms. The first kappa shape index (κ1) is 19.4. The van der Waals surface area contributed by atoms with Gasteiger partial charge in [0.05, 0.1) is 18.6 Å². The van der Waals surface area contributed by atoms with Crippen LogP contribution in [0.1, 0.15) is 45.1 Å². The number of furan rings is 1. The third kappa shape index (κ3) is 4.15. The molecule has 0 bridgehead atoms. The summed E-state index contributed by atoms with van der Waals surface area (Å²) >= 11 is 0. The zero-order chi connectivity index (χ0) is 18.7. The highest BCUT2D eigenvalue weighted by molar-refractivity contribution is 5.78. The quantitative estimate of drug-likeness (QED) is 0.727. The van der Waals surface area contributed by atoms with Gasteiger partial charge in [0, 0.05) is 32.1 Å². The van der Waals surface area contributed by atoms with E-state index in [1.807, 2.05) is 19.9 Å². The first-order chi connectivity index (χ1) is 12.4. The third-order valence-corrected chi connectivity index (χ3v) is 5.82. The van der Waals surface area contributed by atoms with Gasteiger partial charge in [0.2, 0.25) is 0 Å². The number of carbonyl (C=O) groups is 1. The van der Waals surface area contributed by atoms with E-state index < -0.39 is 0 Å². The minimum absolute atomic E-state index is 0.0203. The lowest BCUT2D eigenvalue weighted by Gasteiger charge is -2.31. The molecule has 0 amide bonds. The number of fused-ring (bicyclic) bond motifs is 1. The average molecular weight is 363 g/mol. The fourth-order valence-electron chi connectivity index (χ4n) is 4.81. The molecule has 1 aromatic heterocycles. The predicted octanol–water partition coefficient (Wildman–Crippen LogP) is 3.32. The Morgan fingerprint density at radius 1 is 1.35 bits per heavy atom. The molecular weight excluding hydrogens is 328 g/mol. The zero-order valence-corrected chi connectivity index (χ0v) is 16.8. The number of hydrogen-bond acceptors (Lipinski definition) is 5. The third-order valence-electron chi connectivity index (χ3n) is 5.82. The van der Waals surface area contributed by atoms with E-state index >= 15 is 0 Å². The van der Waals surface area contributed by atoms with Crippen molar-refractivity contribution in [2.45, 2.75) is 47.1 Å². The molecule has 2 aliphatic rings. The summed E-state index contributed by atoms with van der Waals surface area (Å²) in [6.07, 6.45) is 1.96. The summed E-state index contributed by atoms with van der Waals surface area (Å²) in [5, 5.41) is 0. The second-order valence-corrected chi connectivity index (χ2v) is 8.51. The van der Waals surface area contributed by atoms with E-state index in [2.05, 4.69) is 29.7 Å². The predicted molar refractivity (Wildman–Crippen MR) is 102 cm³/mol. The van der Waals surface area contributed by atoms with Crippen LogP contribution in [0.5, 0.6) is 0 Å². The summed E-state index contributed by atoms with van der Waals surface area (Å²) in [5.41, 5.74) is -0.335. The molecule has 2 fully saturated rings. The second kappa shape index (κ2) is 8.13. The van der Waals surface area contributed by atoms with E-state index in [4.69, 9.17) is 9.15 Å². The summed E-state index contributed by atoms with van der Waals surface area (Å²) in [6, 6.07) is 4.09. The highest BCUT2D eigenvalue weighted by atomic mass is 16.5. The Kier molecular flexibility index (Phi) is 6.08. The molecule has 0 saturated carbocycles. The number of hydrogen-bond donors (Lipinski definition) is 0. The monoisotopic (exact) mass is 362 g/mol. The average Bonchev–Trinajstić information content (AvgIpc) is 3.06. The molecular formula is C21H34N2O3. The fraction of sp³-hybridized carbons (Fsp3) is 0.762. The Balaban J connectivity index is 1.76. The van der Waals surface area contributed by atoms with Crippen molar-refractivity contribution in [2.24, 2.45) is 17.3 Å². The Bertz CT molecular complexity index is 612. The van der Waals surface area contributed by atoms with Crippen molar-refractivity contribution in [3.05, 3.63) is 23.7 Å². The number of aryl methyl sites for hydroxylation is 1. The SMILES string of the molecule is CCOC(=O)[C@]12CCCN(Cc3ccc(C)o3)C[C@H]1CN(CC(C)C)C2. The van der Waals surface area contributed by atoms with E-state index in [0.29, 0.717) is 18.4 Å². The van der Waals surface area contributed by atoms with Crippen LogP contribution < -0.4 is 0 Å². The second-order valence-electron chi connectivity index (χ2n) is 8.51. The molecule has 0 aromatic carbocycles. The number of likely N-dealkylation sites (tertiary alicyclic amines) is 2. The highest BCUT2D eigenvalue weighted by Crippen LogP contribution is 2.44. The van der Waals surface area contributed by atoms with E-state index in [0.717, 1.165) is 63.6 Å². The molecule has 1 aromatic rings. The van der Waals surface area contributed by atoms with Crippen molar-refractivity contribution in [2.75, 3.05) is 39.3 Å². The van der Waals surface area contributed by atoms with Crippen LogP contribution in [0.2, 0.25) is 0 Å². The number of rotatable bonds is 6. The van der Waals surface area contributed by atoms with Crippen LogP contribution in [0, 0.1) is 24.2 Å². The lowest BCUT2D eigenvalue weighted by molar-refractivity contribution is -0.157. The summed E-state index contributed by atoms with van der Waals surface area (Å²) in [6.45, 7) is 14.5. The Morgan fingerprint density at radius 3 is 2.77 bits per heavy atom. The van der Waals surface area contributed by atoms with E-state index in [1.165, 1.54) is 0 Å². The molecule has 0 unspecified atom stereocenters. The molecule has 0 radical (unpaired) electrons. The highest BCUT2D eigenvalue weighted by Gasteiger charge is 2.53. The fourth-order valence-corrected chi connectivity index (χ4v) is 4.81. The minimum atomic E-state index is -0.335. The van der Waals surface area contributed by atoms with Gasteiger partial charge in [0.1, 0.15) is 11.5 Å². The van der Waals surface area contributed by atoms with Gasteiger partial charge >= 0.3 is 5.97 Å². The van der Waals surface area contributed by atoms with Gasteiger partial charge in [-0.2, -0.15) is 0 Å². The number of esters is 1. The van der Waals surface area contributed by atoms with Crippen molar-refractivity contribution < 1.29 is 13.9 Å². The van der Waals surface area contributed by atoms with Crippen LogP contribution in [-0.2, 0) is 16.1 Å². The normalized spacial score (nSPS) is 27.5. The zero-order valence-electron chi connectivity index (χ0n) is 16.8. The van der Waals surface area contributed by atoms with Gasteiger partial charge in [0.25, 0.3) is 0 Å². The molecule has 26 heavy (non-hydrogen) atoms. The van der Waals surface area contributed by atoms with Crippen LogP contribution in [-0.4, -0.2) is 55.1 Å². The van der Waals surface area contributed by atoms with Crippen molar-refractivity contribution in [3.8, 4) is 0 Å². The van der Waals surface area contributed by atoms with Gasteiger partial charge in [-0.1, -0.05) is 13.8 Å². The lowest BCUT2D eigenvalue weighted by atomic mass is 9.75. The van der Waals surface area contributed by atoms with Crippen LogP contribution in [0.4, 0.5) is 0 Å². The first-order valence-corrected chi connectivity index (χ1v) is 10.1. The maximum Gasteiger partial charge on any atom is 0.313 e. The van der Waals surface area contributed by atoms with Gasteiger partial charge in [-0.15, -0.1) is 0 Å². The maximum atomic E-state index is 13.0. The van der Waals surface area contributed by atoms with E-state index in [-0.39, 0.29) is 11.4 Å². The summed E-state index contributed by atoms with van der Waals surface area (Å²) in [5.74, 6) is 2.94. The summed E-state index contributed by atoms with van der Waals surface area (Å²) < 4.78 is 11.3. The molecule has 5 heteroatoms. The van der Waals surface area contributed by atoms with Crippen molar-refractivity contribution in [1.29, 1.82) is 0 Å². The molecule has 3 heterocycles. The Hall–Kier alpha value is -1.33. The number of nitrogens with zero attached hydrogens (tertiary/aromatic N) is 2. The topological polar surface area (TPSA) is 45.9 Å². The minimum Gasteiger partial charge on any atom is -0.466 e.